The van der Waals surface area contributed by atoms with E-state index in [0.717, 1.165) is 27.6 Å². The smallest absolute Gasteiger partial charge is 0.324 e. The van der Waals surface area contributed by atoms with E-state index in [4.69, 9.17) is 11.6 Å². The van der Waals surface area contributed by atoms with Crippen LogP contribution < -0.4 is 16.7 Å². The highest BCUT2D eigenvalue weighted by Gasteiger charge is 2.19. The zero-order valence-corrected chi connectivity index (χ0v) is 21.4. The molecule has 5 aromatic rings. The summed E-state index contributed by atoms with van der Waals surface area (Å²) >= 11 is 6.48. The number of pyridine rings is 1. The van der Waals surface area contributed by atoms with Gasteiger partial charge < -0.3 is 5.32 Å². The molecule has 0 amide bonds. The van der Waals surface area contributed by atoms with Crippen LogP contribution in [0.5, 0.6) is 0 Å². The zero-order chi connectivity index (χ0) is 27.1. The van der Waals surface area contributed by atoms with Crippen molar-refractivity contribution in [1.82, 2.24) is 28.9 Å². The van der Waals surface area contributed by atoms with Crippen LogP contribution in [0.3, 0.4) is 0 Å². The van der Waals surface area contributed by atoms with Crippen LogP contribution in [0.25, 0.3) is 16.6 Å². The van der Waals surface area contributed by atoms with Crippen molar-refractivity contribution in [3.8, 4) is 5.69 Å². The average Bonchev–Trinajstić information content (AvgIpc) is 3.22. The van der Waals surface area contributed by atoms with Gasteiger partial charge in [0.15, 0.2) is 11.6 Å². The number of fused-ring (bicyclic) bond motifs is 1. The molecule has 3 heterocycles. The van der Waals surface area contributed by atoms with E-state index in [-0.39, 0.29) is 23.2 Å². The molecule has 12 heteroatoms. The zero-order valence-electron chi connectivity index (χ0n) is 20.7. The van der Waals surface area contributed by atoms with Crippen molar-refractivity contribution < 1.29 is 8.78 Å². The lowest BCUT2D eigenvalue weighted by atomic mass is 10.0. The second kappa shape index (κ2) is 9.82. The topological polar surface area (TPSA) is 99.6 Å². The van der Waals surface area contributed by atoms with E-state index in [0.29, 0.717) is 28.8 Å². The molecule has 0 saturated carbocycles. The fraction of sp³-hybridized carbons (Fsp3) is 0.192. The molecule has 38 heavy (non-hydrogen) atoms. The predicted octanol–water partition coefficient (Wildman–Crippen LogP) is 4.27. The summed E-state index contributed by atoms with van der Waals surface area (Å²) in [4.78, 5) is 35.1. The summed E-state index contributed by atoms with van der Waals surface area (Å²) in [6, 6.07) is 7.13. The molecule has 0 aliphatic rings. The number of aromatic nitrogens is 6. The summed E-state index contributed by atoms with van der Waals surface area (Å²) in [5.41, 5.74) is 1.27. The van der Waals surface area contributed by atoms with E-state index in [1.54, 1.807) is 56.2 Å². The van der Waals surface area contributed by atoms with E-state index < -0.39 is 23.0 Å². The molecule has 0 spiro atoms. The lowest BCUT2D eigenvalue weighted by Gasteiger charge is -2.18. The van der Waals surface area contributed by atoms with Crippen molar-refractivity contribution in [2.75, 3.05) is 5.32 Å². The third-order valence-corrected chi connectivity index (χ3v) is 6.41. The molecule has 2 aromatic carbocycles. The summed E-state index contributed by atoms with van der Waals surface area (Å²) < 4.78 is 31.8. The van der Waals surface area contributed by atoms with Crippen LogP contribution in [0.15, 0.2) is 58.5 Å². The standard InChI is InChI=1S/C26H22ClF2N7O2/c1-4-15-6-20(28)21(29)7-16(15)13-35-24(31-23-8-17-12-34(3)33-22(17)9-19(23)27)32-25(37)36(26(35)38)18-5-14(2)10-30-11-18/h5-12H,4,13H2,1-3H3,(H,31,32,37). The number of nitrogens with one attached hydrogen (secondary N) is 1. The minimum Gasteiger partial charge on any atom is -0.324 e. The van der Waals surface area contributed by atoms with Crippen LogP contribution in [-0.2, 0) is 20.0 Å². The molecule has 0 unspecified atom stereocenters. The average molecular weight is 538 g/mol. The first-order chi connectivity index (χ1) is 18.1. The van der Waals surface area contributed by atoms with Crippen LogP contribution >= 0.6 is 11.6 Å². The predicted molar refractivity (Wildman–Crippen MR) is 140 cm³/mol. The maximum atomic E-state index is 14.2. The highest BCUT2D eigenvalue weighted by atomic mass is 35.5. The molecule has 0 aliphatic carbocycles. The molecule has 1 N–H and O–H groups in total. The minimum atomic E-state index is -1.05. The van der Waals surface area contributed by atoms with Crippen molar-refractivity contribution in [2.45, 2.75) is 26.8 Å². The van der Waals surface area contributed by atoms with Crippen LogP contribution in [0.1, 0.15) is 23.6 Å². The normalized spacial score (nSPS) is 11.3. The maximum Gasteiger partial charge on any atom is 0.359 e. The summed E-state index contributed by atoms with van der Waals surface area (Å²) in [5, 5.41) is 8.35. The number of aryl methyl sites for hydroxylation is 3. The van der Waals surface area contributed by atoms with Gasteiger partial charge in [-0.2, -0.15) is 10.1 Å². The highest BCUT2D eigenvalue weighted by molar-refractivity contribution is 6.34. The summed E-state index contributed by atoms with van der Waals surface area (Å²) in [6.45, 7) is 3.37. The van der Waals surface area contributed by atoms with Gasteiger partial charge in [0, 0.05) is 24.8 Å². The van der Waals surface area contributed by atoms with Crippen molar-refractivity contribution in [2.24, 2.45) is 7.05 Å². The largest absolute Gasteiger partial charge is 0.359 e. The molecular formula is C26H22ClF2N7O2. The van der Waals surface area contributed by atoms with Gasteiger partial charge in [-0.15, -0.1) is 0 Å². The molecule has 0 atom stereocenters. The third-order valence-electron chi connectivity index (χ3n) is 6.10. The number of nitrogens with zero attached hydrogens (tertiary/aromatic N) is 6. The van der Waals surface area contributed by atoms with Gasteiger partial charge in [-0.25, -0.2) is 22.9 Å². The van der Waals surface area contributed by atoms with E-state index in [1.165, 1.54) is 10.8 Å². The van der Waals surface area contributed by atoms with Crippen LogP contribution in [0, 0.1) is 18.6 Å². The van der Waals surface area contributed by atoms with Crippen LogP contribution in [0.4, 0.5) is 20.4 Å². The van der Waals surface area contributed by atoms with Gasteiger partial charge in [-0.05, 0) is 60.4 Å². The first-order valence-electron chi connectivity index (χ1n) is 11.7. The van der Waals surface area contributed by atoms with Gasteiger partial charge >= 0.3 is 11.4 Å². The maximum absolute atomic E-state index is 14.2. The Balaban J connectivity index is 1.71. The molecule has 194 valence electrons. The third kappa shape index (κ3) is 4.68. The van der Waals surface area contributed by atoms with Gasteiger partial charge in [0.2, 0.25) is 5.95 Å². The molecular weight excluding hydrogens is 516 g/mol. The Morgan fingerprint density at radius 3 is 2.47 bits per heavy atom. The molecule has 0 saturated heterocycles. The van der Waals surface area contributed by atoms with Crippen LogP contribution in [-0.4, -0.2) is 28.9 Å². The molecule has 0 radical (unpaired) electrons. The lowest BCUT2D eigenvalue weighted by Crippen LogP contribution is -2.42. The Hall–Kier alpha value is -4.38. The van der Waals surface area contributed by atoms with Gasteiger partial charge in [0.1, 0.15) is 0 Å². The first kappa shape index (κ1) is 25.3. The molecule has 9 nitrogen and oxygen atoms in total. The Bertz CT molecular complexity index is 1830. The second-order valence-corrected chi connectivity index (χ2v) is 9.26. The number of hydrogen-bond acceptors (Lipinski definition) is 6. The van der Waals surface area contributed by atoms with Crippen molar-refractivity contribution in [3.05, 3.63) is 103 Å². The van der Waals surface area contributed by atoms with E-state index >= 15 is 0 Å². The van der Waals surface area contributed by atoms with Crippen LogP contribution in [0.2, 0.25) is 5.02 Å². The molecule has 3 aromatic heterocycles. The Morgan fingerprint density at radius 2 is 1.76 bits per heavy atom. The minimum absolute atomic E-state index is 0.117. The summed E-state index contributed by atoms with van der Waals surface area (Å²) in [5.74, 6) is -2.15. The van der Waals surface area contributed by atoms with Crippen molar-refractivity contribution in [1.29, 1.82) is 0 Å². The van der Waals surface area contributed by atoms with Gasteiger partial charge in [0.05, 0.1) is 34.7 Å². The fourth-order valence-electron chi connectivity index (χ4n) is 4.28. The molecule has 5 rings (SSSR count). The van der Waals surface area contributed by atoms with Crippen molar-refractivity contribution in [3.63, 3.8) is 0 Å². The van der Waals surface area contributed by atoms with Gasteiger partial charge in [0.25, 0.3) is 0 Å². The fourth-order valence-corrected chi connectivity index (χ4v) is 4.48. The molecule has 0 aliphatic heterocycles. The Morgan fingerprint density at radius 1 is 1.03 bits per heavy atom. The van der Waals surface area contributed by atoms with Crippen molar-refractivity contribution >= 4 is 34.1 Å². The second-order valence-electron chi connectivity index (χ2n) is 8.85. The summed E-state index contributed by atoms with van der Waals surface area (Å²) in [7, 11) is 1.77. The molecule has 0 bridgehead atoms. The highest BCUT2D eigenvalue weighted by Crippen LogP contribution is 2.29. The quantitative estimate of drug-likeness (QED) is 0.347. The Labute approximate surface area is 220 Å². The number of halogens is 3. The van der Waals surface area contributed by atoms with E-state index in [2.05, 4.69) is 20.4 Å². The monoisotopic (exact) mass is 537 g/mol. The number of anilines is 2. The SMILES string of the molecule is CCc1cc(F)c(F)cc1Cn1c(Nc2cc3cn(C)nc3cc2Cl)nc(=O)n(-c2cncc(C)c2)c1=O. The number of rotatable bonds is 6. The Kier molecular flexibility index (Phi) is 6.53. The molecule has 0 fully saturated rings. The lowest BCUT2D eigenvalue weighted by molar-refractivity contribution is 0.504. The van der Waals surface area contributed by atoms with Gasteiger partial charge in [-0.1, -0.05) is 18.5 Å². The number of benzene rings is 2. The summed E-state index contributed by atoms with van der Waals surface area (Å²) in [6.07, 6.45) is 5.14. The first-order valence-corrected chi connectivity index (χ1v) is 12.0. The number of hydrogen-bond donors (Lipinski definition) is 1. The van der Waals surface area contributed by atoms with E-state index in [1.807, 2.05) is 0 Å². The van der Waals surface area contributed by atoms with Gasteiger partial charge in [-0.3, -0.25) is 14.2 Å². The van der Waals surface area contributed by atoms with E-state index in [9.17, 15) is 18.4 Å².